The van der Waals surface area contributed by atoms with Crippen molar-refractivity contribution >= 4 is 11.7 Å². The quantitative estimate of drug-likeness (QED) is 0.340. The van der Waals surface area contributed by atoms with Crippen LogP contribution in [-0.4, -0.2) is 11.7 Å². The van der Waals surface area contributed by atoms with Gasteiger partial charge >= 0.3 is 51.9 Å². The van der Waals surface area contributed by atoms with E-state index in [2.05, 4.69) is 21.2 Å². The molecule has 6 heavy (non-hydrogen) atoms. The fourth-order valence-corrected chi connectivity index (χ4v) is 4.66. The van der Waals surface area contributed by atoms with Gasteiger partial charge in [-0.25, -0.2) is 0 Å². The summed E-state index contributed by atoms with van der Waals surface area (Å²) in [5.41, 5.74) is 0. The van der Waals surface area contributed by atoms with Crippen molar-refractivity contribution < 1.29 is 19.0 Å². The van der Waals surface area contributed by atoms with E-state index < -0.39 is 0 Å². The van der Waals surface area contributed by atoms with Crippen molar-refractivity contribution in [1.82, 2.24) is 0 Å². The predicted molar refractivity (Wildman–Crippen MR) is 24.0 cm³/mol. The first-order valence-corrected chi connectivity index (χ1v) is 9.07. The molecule has 0 amide bonds. The summed E-state index contributed by atoms with van der Waals surface area (Å²) in [5.74, 6) is 0. The summed E-state index contributed by atoms with van der Waals surface area (Å²) < 4.78 is 2.32. The number of halogens is 1. The molecule has 0 N–H and O–H groups in total. The zero-order chi connectivity index (χ0) is 4.24. The Hall–Kier alpha value is 0.729. The fourth-order valence-electron chi connectivity index (χ4n) is 0.206. The molecule has 0 aromatic heterocycles. The second kappa shape index (κ2) is 2.83. The molecule has 1 aliphatic rings. The van der Waals surface area contributed by atoms with Gasteiger partial charge in [-0.15, -0.1) is 0 Å². The molecular formula is C4H4ISe-. The second-order valence-electron chi connectivity index (χ2n) is 0.825. The monoisotopic (exact) mass is 259 g/mol. The predicted octanol–water partition coefficient (Wildman–Crippen LogP) is -2.26. The third-order valence-corrected chi connectivity index (χ3v) is 6.39. The third kappa shape index (κ3) is 1.45. The molecule has 0 aromatic rings. The van der Waals surface area contributed by atoms with Crippen LogP contribution in [0.2, 0.25) is 0 Å². The van der Waals surface area contributed by atoms with Crippen molar-refractivity contribution in [2.24, 2.45) is 0 Å². The van der Waals surface area contributed by atoms with E-state index >= 15 is 0 Å². The van der Waals surface area contributed by atoms with Gasteiger partial charge in [0.1, 0.15) is 0 Å². The minimum atomic E-state index is 0.510. The summed E-state index contributed by atoms with van der Waals surface area (Å²) in [6, 6.07) is 0. The maximum atomic E-state index is 2.32. The van der Waals surface area contributed by atoms with Crippen LogP contribution in [0.25, 0.3) is 0 Å². The van der Waals surface area contributed by atoms with Gasteiger partial charge in [0.25, 0.3) is 0 Å². The van der Waals surface area contributed by atoms with Crippen molar-refractivity contribution in [3.05, 3.63) is 21.2 Å². The van der Waals surface area contributed by atoms with Gasteiger partial charge in [-0.3, -0.25) is 0 Å². The minimum absolute atomic E-state index is 0.510. The van der Waals surface area contributed by atoms with E-state index in [4.69, 9.17) is 0 Å². The number of hydrogen-bond acceptors (Lipinski definition) is 0. The molecule has 0 saturated carbocycles. The summed E-state index contributed by atoms with van der Waals surface area (Å²) in [7, 11) is 0. The van der Waals surface area contributed by atoms with E-state index in [1.165, 1.54) is 0 Å². The first-order chi connectivity index (χ1) is 3.00. The molecule has 2 heteroatoms. The first-order valence-electron chi connectivity index (χ1n) is 1.61. The van der Waals surface area contributed by atoms with E-state index in [9.17, 15) is 0 Å². The Morgan fingerprint density at radius 1 is 1.33 bits per heavy atom. The van der Waals surface area contributed by atoms with E-state index in [0.717, 1.165) is 11.7 Å². The SMILES string of the molecule is C1=C[Se][I-]C=C1. The average Bonchev–Trinajstić information content (AvgIpc) is 1.72. The van der Waals surface area contributed by atoms with E-state index in [1.807, 2.05) is 0 Å². The zero-order valence-electron chi connectivity index (χ0n) is 3.10. The molecule has 0 bridgehead atoms. The van der Waals surface area contributed by atoms with Gasteiger partial charge < -0.3 is 0 Å². The second-order valence-corrected chi connectivity index (χ2v) is 8.15. The molecule has 0 aliphatic carbocycles. The van der Waals surface area contributed by atoms with Crippen LogP contribution in [0.15, 0.2) is 21.2 Å². The Morgan fingerprint density at radius 2 is 2.33 bits per heavy atom. The van der Waals surface area contributed by atoms with Crippen molar-refractivity contribution in [3.8, 4) is 0 Å². The van der Waals surface area contributed by atoms with Gasteiger partial charge in [-0.05, 0) is 0 Å². The molecule has 0 nitrogen and oxygen atoms in total. The van der Waals surface area contributed by atoms with E-state index in [-0.39, 0.29) is 0 Å². The first kappa shape index (κ1) is 4.88. The van der Waals surface area contributed by atoms with Crippen molar-refractivity contribution in [1.29, 1.82) is 0 Å². The summed E-state index contributed by atoms with van der Waals surface area (Å²) >= 11 is 1.41. The Bertz CT molecular complexity index is 73.5. The van der Waals surface area contributed by atoms with Crippen LogP contribution in [0.4, 0.5) is 0 Å². The molecule has 0 unspecified atom stereocenters. The Kier molecular flexibility index (Phi) is 2.30. The van der Waals surface area contributed by atoms with E-state index in [1.54, 1.807) is 0 Å². The van der Waals surface area contributed by atoms with Crippen LogP contribution in [0.3, 0.4) is 0 Å². The number of hydrogen-bond donors (Lipinski definition) is 0. The van der Waals surface area contributed by atoms with Crippen molar-refractivity contribution in [2.75, 3.05) is 0 Å². The van der Waals surface area contributed by atoms with Crippen LogP contribution in [-0.2, 0) is 0 Å². The summed E-state index contributed by atoms with van der Waals surface area (Å²) in [4.78, 5) is 2.29. The van der Waals surface area contributed by atoms with Gasteiger partial charge in [-0.2, -0.15) is 0 Å². The standard InChI is InChI=1S/C4H4ISe/c1-2-4-6-5-3-1/h1-4H/q-1. The zero-order valence-corrected chi connectivity index (χ0v) is 6.97. The molecule has 0 fully saturated rings. The van der Waals surface area contributed by atoms with Gasteiger partial charge in [0, 0.05) is 0 Å². The normalized spacial score (nSPS) is 20.0. The van der Waals surface area contributed by atoms with Crippen LogP contribution in [0, 0.1) is 0 Å². The molecule has 1 aliphatic heterocycles. The molecule has 0 aromatic carbocycles. The summed E-state index contributed by atoms with van der Waals surface area (Å²) in [6.07, 6.45) is 4.29. The number of rotatable bonds is 0. The van der Waals surface area contributed by atoms with Crippen LogP contribution >= 0.6 is 0 Å². The van der Waals surface area contributed by atoms with Gasteiger partial charge in [0.15, 0.2) is 0 Å². The molecule has 0 saturated heterocycles. The molecule has 1 heterocycles. The van der Waals surface area contributed by atoms with Crippen molar-refractivity contribution in [2.45, 2.75) is 0 Å². The summed E-state index contributed by atoms with van der Waals surface area (Å²) in [6.45, 7) is 0. The number of allylic oxidation sites excluding steroid dienone is 2. The third-order valence-electron chi connectivity index (χ3n) is 0.417. The van der Waals surface area contributed by atoms with Gasteiger partial charge in [0.05, 0.1) is 0 Å². The van der Waals surface area contributed by atoms with Crippen LogP contribution < -0.4 is 19.0 Å². The summed E-state index contributed by atoms with van der Waals surface area (Å²) in [5, 5.41) is 0. The average molecular weight is 258 g/mol. The molecular weight excluding hydrogens is 254 g/mol. The Labute approximate surface area is 51.7 Å². The fraction of sp³-hybridized carbons (Fsp3) is 0. The van der Waals surface area contributed by atoms with Crippen LogP contribution in [0.5, 0.6) is 0 Å². The Balaban J connectivity index is 2.46. The molecule has 34 valence electrons. The van der Waals surface area contributed by atoms with Crippen LogP contribution in [0.1, 0.15) is 0 Å². The molecule has 1 rings (SSSR count). The molecule has 0 radical (unpaired) electrons. The Morgan fingerprint density at radius 3 is 2.50 bits per heavy atom. The topological polar surface area (TPSA) is 0 Å². The van der Waals surface area contributed by atoms with E-state index in [0.29, 0.717) is 19.0 Å². The van der Waals surface area contributed by atoms with Crippen molar-refractivity contribution in [3.63, 3.8) is 0 Å². The molecule has 0 spiro atoms. The van der Waals surface area contributed by atoms with Gasteiger partial charge in [0.2, 0.25) is 0 Å². The molecule has 0 atom stereocenters. The van der Waals surface area contributed by atoms with Gasteiger partial charge in [-0.1, -0.05) is 0 Å². The maximum absolute atomic E-state index is 2.32.